The van der Waals surface area contributed by atoms with Gasteiger partial charge in [0.2, 0.25) is 0 Å². The highest BCUT2D eigenvalue weighted by Crippen LogP contribution is 2.31. The van der Waals surface area contributed by atoms with E-state index >= 15 is 0 Å². The van der Waals surface area contributed by atoms with Crippen molar-refractivity contribution in [2.24, 2.45) is 0 Å². The molecule has 0 aliphatic heterocycles. The highest BCUT2D eigenvalue weighted by molar-refractivity contribution is 7.15. The SMILES string of the molecule is COc1ccc(CN(C)c2nc3c(s2)CCCC3=O)cc1. The second-order valence-corrected chi connectivity index (χ2v) is 6.31. The number of rotatable bonds is 4. The minimum absolute atomic E-state index is 0.191. The van der Waals surface area contributed by atoms with Gasteiger partial charge >= 0.3 is 0 Å². The average molecular weight is 302 g/mol. The number of fused-ring (bicyclic) bond motifs is 1. The molecule has 0 spiro atoms. The van der Waals surface area contributed by atoms with Crippen LogP contribution in [0.25, 0.3) is 0 Å². The van der Waals surface area contributed by atoms with Crippen molar-refractivity contribution in [3.63, 3.8) is 0 Å². The Labute approximate surface area is 128 Å². The second kappa shape index (κ2) is 5.85. The molecule has 0 N–H and O–H groups in total. The van der Waals surface area contributed by atoms with Gasteiger partial charge in [-0.3, -0.25) is 4.79 Å². The summed E-state index contributed by atoms with van der Waals surface area (Å²) in [4.78, 5) is 19.6. The molecule has 0 bridgehead atoms. The summed E-state index contributed by atoms with van der Waals surface area (Å²) in [6.07, 6.45) is 2.57. The molecule has 2 aromatic rings. The van der Waals surface area contributed by atoms with Crippen molar-refractivity contribution in [2.45, 2.75) is 25.8 Å². The quantitative estimate of drug-likeness (QED) is 0.869. The normalized spacial score (nSPS) is 13.9. The van der Waals surface area contributed by atoms with Gasteiger partial charge in [0, 0.05) is 24.9 Å². The molecule has 1 aliphatic rings. The topological polar surface area (TPSA) is 42.4 Å². The van der Waals surface area contributed by atoms with Crippen LogP contribution in [0.3, 0.4) is 0 Å². The van der Waals surface area contributed by atoms with Crippen LogP contribution in [0, 0.1) is 0 Å². The number of hydrogen-bond donors (Lipinski definition) is 0. The minimum atomic E-state index is 0.191. The van der Waals surface area contributed by atoms with Gasteiger partial charge in [-0.15, -0.1) is 11.3 Å². The summed E-state index contributed by atoms with van der Waals surface area (Å²) < 4.78 is 5.16. The smallest absolute Gasteiger partial charge is 0.186 e. The fourth-order valence-corrected chi connectivity index (χ4v) is 3.57. The fourth-order valence-electron chi connectivity index (χ4n) is 2.49. The fraction of sp³-hybridized carbons (Fsp3) is 0.375. The zero-order valence-electron chi connectivity index (χ0n) is 12.3. The van der Waals surface area contributed by atoms with Crippen molar-refractivity contribution >= 4 is 22.3 Å². The number of carbonyl (C=O) groups is 1. The maximum absolute atomic E-state index is 11.9. The van der Waals surface area contributed by atoms with Crippen LogP contribution in [0.4, 0.5) is 5.13 Å². The Bertz CT molecular complexity index is 649. The Morgan fingerprint density at radius 1 is 1.29 bits per heavy atom. The van der Waals surface area contributed by atoms with E-state index in [0.29, 0.717) is 12.1 Å². The van der Waals surface area contributed by atoms with Crippen LogP contribution in [-0.4, -0.2) is 24.9 Å². The van der Waals surface area contributed by atoms with Crippen molar-refractivity contribution in [3.8, 4) is 5.75 Å². The lowest BCUT2D eigenvalue weighted by molar-refractivity contribution is 0.0968. The summed E-state index contributed by atoms with van der Waals surface area (Å²) in [5.41, 5.74) is 1.89. The van der Waals surface area contributed by atoms with Crippen LogP contribution < -0.4 is 9.64 Å². The summed E-state index contributed by atoms with van der Waals surface area (Å²) in [6.45, 7) is 0.768. The van der Waals surface area contributed by atoms with E-state index in [2.05, 4.69) is 9.88 Å². The molecular weight excluding hydrogens is 284 g/mol. The zero-order chi connectivity index (χ0) is 14.8. The van der Waals surface area contributed by atoms with Gasteiger partial charge in [0.25, 0.3) is 0 Å². The number of thiazole rings is 1. The predicted octanol–water partition coefficient (Wildman–Crippen LogP) is 3.31. The molecule has 0 fully saturated rings. The third kappa shape index (κ3) is 2.93. The monoisotopic (exact) mass is 302 g/mol. The van der Waals surface area contributed by atoms with Crippen LogP contribution in [0.1, 0.15) is 33.8 Å². The van der Waals surface area contributed by atoms with Crippen molar-refractivity contribution in [1.29, 1.82) is 0 Å². The van der Waals surface area contributed by atoms with Gasteiger partial charge in [-0.05, 0) is 30.5 Å². The van der Waals surface area contributed by atoms with Crippen molar-refractivity contribution < 1.29 is 9.53 Å². The van der Waals surface area contributed by atoms with Gasteiger partial charge in [-0.2, -0.15) is 0 Å². The molecule has 4 nitrogen and oxygen atoms in total. The van der Waals surface area contributed by atoms with E-state index in [1.807, 2.05) is 31.3 Å². The molecule has 0 saturated heterocycles. The molecule has 3 rings (SSSR count). The van der Waals surface area contributed by atoms with E-state index < -0.39 is 0 Å². The van der Waals surface area contributed by atoms with E-state index in [1.54, 1.807) is 18.4 Å². The Morgan fingerprint density at radius 2 is 2.05 bits per heavy atom. The van der Waals surface area contributed by atoms with Crippen molar-refractivity contribution in [1.82, 2.24) is 4.98 Å². The Kier molecular flexibility index (Phi) is 3.92. The first-order valence-corrected chi connectivity index (χ1v) is 7.86. The van der Waals surface area contributed by atoms with Crippen LogP contribution in [0.15, 0.2) is 24.3 Å². The molecule has 1 heterocycles. The average Bonchev–Trinajstić information content (AvgIpc) is 2.94. The number of hydrogen-bond acceptors (Lipinski definition) is 5. The standard InChI is InChI=1S/C16H18N2O2S/c1-18(10-11-6-8-12(20-2)9-7-11)16-17-15-13(19)4-3-5-14(15)21-16/h6-9H,3-5,10H2,1-2H3. The predicted molar refractivity (Wildman–Crippen MR) is 84.5 cm³/mol. The molecule has 0 saturated carbocycles. The second-order valence-electron chi connectivity index (χ2n) is 5.25. The first-order chi connectivity index (χ1) is 10.2. The first-order valence-electron chi connectivity index (χ1n) is 7.04. The lowest BCUT2D eigenvalue weighted by atomic mass is 10.0. The maximum Gasteiger partial charge on any atom is 0.186 e. The first kappa shape index (κ1) is 14.1. The highest BCUT2D eigenvalue weighted by atomic mass is 32.1. The molecule has 110 valence electrons. The van der Waals surface area contributed by atoms with Crippen LogP contribution in [0.2, 0.25) is 0 Å². The minimum Gasteiger partial charge on any atom is -0.497 e. The number of anilines is 1. The van der Waals surface area contributed by atoms with Gasteiger partial charge in [0.05, 0.1) is 7.11 Å². The van der Waals surface area contributed by atoms with Crippen LogP contribution >= 0.6 is 11.3 Å². The van der Waals surface area contributed by atoms with Gasteiger partial charge < -0.3 is 9.64 Å². The molecule has 0 unspecified atom stereocenters. The highest BCUT2D eigenvalue weighted by Gasteiger charge is 2.23. The van der Waals surface area contributed by atoms with Gasteiger partial charge in [-0.1, -0.05) is 12.1 Å². The number of benzene rings is 1. The van der Waals surface area contributed by atoms with Crippen LogP contribution in [0.5, 0.6) is 5.75 Å². The molecule has 5 heteroatoms. The lowest BCUT2D eigenvalue weighted by Gasteiger charge is -2.15. The third-order valence-electron chi connectivity index (χ3n) is 3.66. The Morgan fingerprint density at radius 3 is 2.71 bits per heavy atom. The molecule has 21 heavy (non-hydrogen) atoms. The number of aromatic nitrogens is 1. The van der Waals surface area contributed by atoms with Gasteiger partial charge in [0.15, 0.2) is 10.9 Å². The Hall–Kier alpha value is -1.88. The Balaban J connectivity index is 1.75. The van der Waals surface area contributed by atoms with Crippen LogP contribution in [-0.2, 0) is 13.0 Å². The van der Waals surface area contributed by atoms with Gasteiger partial charge in [0.1, 0.15) is 11.4 Å². The number of carbonyl (C=O) groups excluding carboxylic acids is 1. The summed E-state index contributed by atoms with van der Waals surface area (Å²) in [7, 11) is 3.68. The molecule has 1 aromatic heterocycles. The summed E-state index contributed by atoms with van der Waals surface area (Å²) >= 11 is 1.64. The molecule has 1 aromatic carbocycles. The largest absolute Gasteiger partial charge is 0.497 e. The number of Topliss-reactive ketones (excluding diaryl/α,β-unsaturated/α-hetero) is 1. The molecule has 0 atom stereocenters. The molecule has 0 amide bonds. The molecule has 0 radical (unpaired) electrons. The van der Waals surface area contributed by atoms with Crippen molar-refractivity contribution in [3.05, 3.63) is 40.4 Å². The van der Waals surface area contributed by atoms with E-state index in [1.165, 1.54) is 5.56 Å². The summed E-state index contributed by atoms with van der Waals surface area (Å²) in [6, 6.07) is 8.02. The number of methoxy groups -OCH3 is 1. The number of ketones is 1. The van der Waals surface area contributed by atoms with Gasteiger partial charge in [-0.25, -0.2) is 4.98 Å². The number of nitrogens with zero attached hydrogens (tertiary/aromatic N) is 2. The molecule has 1 aliphatic carbocycles. The number of aryl methyl sites for hydroxylation is 1. The summed E-state index contributed by atoms with van der Waals surface area (Å²) in [5.74, 6) is 1.05. The zero-order valence-corrected chi connectivity index (χ0v) is 13.1. The van der Waals surface area contributed by atoms with Crippen molar-refractivity contribution in [2.75, 3.05) is 19.1 Å². The van der Waals surface area contributed by atoms with E-state index in [4.69, 9.17) is 4.74 Å². The third-order valence-corrected chi connectivity index (χ3v) is 4.89. The summed E-state index contributed by atoms with van der Waals surface area (Å²) in [5, 5.41) is 0.922. The lowest BCUT2D eigenvalue weighted by Crippen LogP contribution is -2.16. The van der Waals surface area contributed by atoms with E-state index in [-0.39, 0.29) is 5.78 Å². The number of ether oxygens (including phenoxy) is 1. The maximum atomic E-state index is 11.9. The van der Waals surface area contributed by atoms with E-state index in [0.717, 1.165) is 35.1 Å². The van der Waals surface area contributed by atoms with E-state index in [9.17, 15) is 4.79 Å². The molecular formula is C16H18N2O2S.